The van der Waals surface area contributed by atoms with E-state index in [0.717, 1.165) is 61.9 Å². The Kier molecular flexibility index (Phi) is 10.6. The van der Waals surface area contributed by atoms with Crippen LogP contribution >= 0.6 is 0 Å². The first-order valence-corrected chi connectivity index (χ1v) is 26.9. The monoisotopic (exact) mass is 976 g/mol. The predicted octanol–water partition coefficient (Wildman–Crippen LogP) is 16.8. The quantitative estimate of drug-likeness (QED) is 0.143. The van der Waals surface area contributed by atoms with Gasteiger partial charge in [-0.2, -0.15) is 0 Å². The summed E-state index contributed by atoms with van der Waals surface area (Å²) in [5.74, 6) is 6.79. The van der Waals surface area contributed by atoms with Gasteiger partial charge in [-0.25, -0.2) is 29.9 Å². The molecular weight excluding hydrogens is 925 g/mol. The molecule has 0 aliphatic heterocycles. The van der Waals surface area contributed by atoms with Crippen LogP contribution in [0.1, 0.15) is 43.2 Å². The van der Waals surface area contributed by atoms with Crippen LogP contribution in [0.2, 0.25) is 0 Å². The van der Waals surface area contributed by atoms with Crippen molar-refractivity contribution in [2.45, 2.75) is 37.5 Å². The van der Waals surface area contributed by atoms with Crippen LogP contribution in [0.3, 0.4) is 0 Å². The van der Waals surface area contributed by atoms with Crippen molar-refractivity contribution >= 4 is 0 Å². The summed E-state index contributed by atoms with van der Waals surface area (Å²) in [5, 5.41) is 0. The summed E-state index contributed by atoms with van der Waals surface area (Å²) in [6, 6.07) is 82.1. The second-order valence-electron chi connectivity index (χ2n) is 21.4. The molecule has 0 amide bonds. The van der Waals surface area contributed by atoms with Crippen LogP contribution < -0.4 is 0 Å². The van der Waals surface area contributed by atoms with Crippen molar-refractivity contribution < 1.29 is 0 Å². The van der Waals surface area contributed by atoms with Crippen LogP contribution in [-0.2, 0) is 5.41 Å². The molecule has 0 atom stereocenters. The maximum atomic E-state index is 5.22. The van der Waals surface area contributed by atoms with Crippen molar-refractivity contribution in [1.29, 1.82) is 0 Å². The normalized spacial score (nSPS) is 19.6. The molecule has 4 fully saturated rings. The molecule has 2 aromatic heterocycles. The van der Waals surface area contributed by atoms with Crippen LogP contribution in [0.4, 0.5) is 0 Å². The Morgan fingerprint density at radius 2 is 0.553 bits per heavy atom. The largest absolute Gasteiger partial charge is 0.208 e. The number of hydrogen-bond acceptors (Lipinski definition) is 6. The van der Waals surface area contributed by atoms with E-state index in [4.69, 9.17) is 29.9 Å². The zero-order chi connectivity index (χ0) is 50.2. The SMILES string of the molecule is c1ccc(-c2nc(-c3ccccc3)nc(-c3ccccc3-c3cccc(-c4ccc5c(c4)C4(c6cc(-c7ccccc7-c7nc(-c8ccccc8)nc(-c8ccccc8)n7)ccc6-5)C5CC6CC(C5)CC4C6)c3)n2)cc1. The third-order valence-corrected chi connectivity index (χ3v) is 17.2. The van der Waals surface area contributed by atoms with Gasteiger partial charge in [-0.15, -0.1) is 0 Å². The maximum absolute atomic E-state index is 5.22. The maximum Gasteiger partial charge on any atom is 0.164 e. The molecule has 76 heavy (non-hydrogen) atoms. The van der Waals surface area contributed by atoms with Crippen LogP contribution in [-0.4, -0.2) is 29.9 Å². The molecule has 2 heterocycles. The van der Waals surface area contributed by atoms with Gasteiger partial charge in [0.2, 0.25) is 0 Å². The molecule has 6 heteroatoms. The molecule has 4 bridgehead atoms. The highest BCUT2D eigenvalue weighted by Crippen LogP contribution is 2.70. The number of benzene rings is 9. The van der Waals surface area contributed by atoms with Gasteiger partial charge in [-0.3, -0.25) is 0 Å². The van der Waals surface area contributed by atoms with Gasteiger partial charge in [0, 0.05) is 38.8 Å². The lowest BCUT2D eigenvalue weighted by Crippen LogP contribution is -2.55. The number of fused-ring (bicyclic) bond motifs is 3. The van der Waals surface area contributed by atoms with Gasteiger partial charge in [0.25, 0.3) is 0 Å². The molecule has 5 aliphatic carbocycles. The van der Waals surface area contributed by atoms with Crippen molar-refractivity contribution in [2.24, 2.45) is 23.7 Å². The number of hydrogen-bond donors (Lipinski definition) is 0. The van der Waals surface area contributed by atoms with Gasteiger partial charge >= 0.3 is 0 Å². The van der Waals surface area contributed by atoms with Crippen LogP contribution in [0.15, 0.2) is 231 Å². The van der Waals surface area contributed by atoms with Gasteiger partial charge in [0.15, 0.2) is 34.9 Å². The first-order chi connectivity index (χ1) is 37.6. The molecular formula is C70H52N6. The third-order valence-electron chi connectivity index (χ3n) is 17.2. The van der Waals surface area contributed by atoms with Crippen molar-refractivity contribution in [1.82, 2.24) is 29.9 Å². The van der Waals surface area contributed by atoms with Gasteiger partial charge in [-0.05, 0) is 130 Å². The minimum Gasteiger partial charge on any atom is -0.208 e. The Morgan fingerprint density at radius 3 is 0.987 bits per heavy atom. The molecule has 0 unspecified atom stereocenters. The van der Waals surface area contributed by atoms with E-state index in [9.17, 15) is 0 Å². The fourth-order valence-corrected chi connectivity index (χ4v) is 14.1. The minimum absolute atomic E-state index is 0.0665. The van der Waals surface area contributed by atoms with Crippen LogP contribution in [0.5, 0.6) is 0 Å². The average molecular weight is 977 g/mol. The topological polar surface area (TPSA) is 77.3 Å². The summed E-state index contributed by atoms with van der Waals surface area (Å²) in [5.41, 5.74) is 18.5. The highest BCUT2D eigenvalue weighted by atomic mass is 15.0. The molecule has 0 radical (unpaired) electrons. The number of aromatic nitrogens is 6. The van der Waals surface area contributed by atoms with Gasteiger partial charge < -0.3 is 0 Å². The summed E-state index contributed by atoms with van der Waals surface area (Å²) in [6.07, 6.45) is 6.60. The molecule has 4 saturated carbocycles. The first-order valence-electron chi connectivity index (χ1n) is 26.9. The molecule has 362 valence electrons. The van der Waals surface area contributed by atoms with E-state index in [1.807, 2.05) is 72.8 Å². The molecule has 1 spiro atoms. The fourth-order valence-electron chi connectivity index (χ4n) is 14.1. The van der Waals surface area contributed by atoms with E-state index in [2.05, 4.69) is 158 Å². The zero-order valence-corrected chi connectivity index (χ0v) is 42.0. The second-order valence-corrected chi connectivity index (χ2v) is 21.4. The van der Waals surface area contributed by atoms with Crippen molar-refractivity contribution in [3.63, 3.8) is 0 Å². The van der Waals surface area contributed by atoms with Crippen molar-refractivity contribution in [2.75, 3.05) is 0 Å². The smallest absolute Gasteiger partial charge is 0.164 e. The Labute approximate surface area is 443 Å². The van der Waals surface area contributed by atoms with E-state index >= 15 is 0 Å². The fraction of sp³-hybridized carbons (Fsp3) is 0.143. The molecule has 5 aliphatic rings. The van der Waals surface area contributed by atoms with Crippen molar-refractivity contribution in [3.8, 4) is 113 Å². The van der Waals surface area contributed by atoms with Crippen LogP contribution in [0, 0.1) is 23.7 Å². The Bertz CT molecular complexity index is 3860. The van der Waals surface area contributed by atoms with Crippen molar-refractivity contribution in [3.05, 3.63) is 242 Å². The zero-order valence-electron chi connectivity index (χ0n) is 42.0. The average Bonchev–Trinajstić information content (AvgIpc) is 4.03. The highest BCUT2D eigenvalue weighted by molar-refractivity contribution is 5.90. The summed E-state index contributed by atoms with van der Waals surface area (Å²) in [4.78, 5) is 30.8. The van der Waals surface area contributed by atoms with Gasteiger partial charge in [-0.1, -0.05) is 212 Å². The van der Waals surface area contributed by atoms with Gasteiger partial charge in [0.05, 0.1) is 0 Å². The summed E-state index contributed by atoms with van der Waals surface area (Å²) >= 11 is 0. The summed E-state index contributed by atoms with van der Waals surface area (Å²) in [6.45, 7) is 0. The summed E-state index contributed by atoms with van der Waals surface area (Å²) in [7, 11) is 0. The second kappa shape index (κ2) is 18.1. The highest BCUT2D eigenvalue weighted by Gasteiger charge is 2.61. The van der Waals surface area contributed by atoms with Gasteiger partial charge in [0.1, 0.15) is 0 Å². The van der Waals surface area contributed by atoms with E-state index in [1.165, 1.54) is 71.0 Å². The standard InChI is InChI=1S/C70H52N6/c1-5-18-46(19-6-1)64-71-65(47-20-7-2-8-21-47)74-68(73-64)60-30-15-13-28-56(60)52-27-17-26-50(41-52)51-32-34-58-59-35-33-53(43-63(59)70(62(58)42-51)54-37-44-36-45(39-54)40-55(70)38-44)57-29-14-16-31-61(57)69-75-66(48-22-9-3-10-23-48)72-67(76-69)49-24-11-4-12-25-49/h1-35,41-45,54-55H,36-40H2. The predicted molar refractivity (Wildman–Crippen MR) is 305 cm³/mol. The lowest BCUT2D eigenvalue weighted by molar-refractivity contribution is -0.0399. The number of nitrogens with zero attached hydrogens (tertiary/aromatic N) is 6. The van der Waals surface area contributed by atoms with E-state index in [0.29, 0.717) is 46.8 Å². The molecule has 9 aromatic carbocycles. The van der Waals surface area contributed by atoms with E-state index < -0.39 is 0 Å². The minimum atomic E-state index is -0.0665. The van der Waals surface area contributed by atoms with E-state index in [1.54, 1.807) is 0 Å². The third kappa shape index (κ3) is 7.45. The molecule has 0 saturated heterocycles. The summed E-state index contributed by atoms with van der Waals surface area (Å²) < 4.78 is 0. The lowest BCUT2D eigenvalue weighted by Gasteiger charge is -2.61. The Morgan fingerprint density at radius 1 is 0.237 bits per heavy atom. The molecule has 0 N–H and O–H groups in total. The lowest BCUT2D eigenvalue weighted by atomic mass is 9.43. The molecule has 6 nitrogen and oxygen atoms in total. The molecule has 16 rings (SSSR count). The van der Waals surface area contributed by atoms with Crippen LogP contribution in [0.25, 0.3) is 113 Å². The number of rotatable bonds is 9. The van der Waals surface area contributed by atoms with E-state index in [-0.39, 0.29) is 5.41 Å². The Hall–Kier alpha value is -9.00. The first kappa shape index (κ1) is 44.5. The molecule has 11 aromatic rings. The Balaban J connectivity index is 0.839.